The van der Waals surface area contributed by atoms with Gasteiger partial charge in [0.2, 0.25) is 0 Å². The van der Waals surface area contributed by atoms with E-state index in [1.165, 1.54) is 17.7 Å². The fourth-order valence-corrected chi connectivity index (χ4v) is 4.78. The summed E-state index contributed by atoms with van der Waals surface area (Å²) < 4.78 is 5.54. The average molecular weight is 476 g/mol. The number of allylic oxidation sites excluding steroid dienone is 2. The highest BCUT2D eigenvalue weighted by Crippen LogP contribution is 2.33. The number of methoxy groups -OCH3 is 1. The van der Waals surface area contributed by atoms with E-state index in [1.807, 2.05) is 19.1 Å². The van der Waals surface area contributed by atoms with Gasteiger partial charge < -0.3 is 24.8 Å². The van der Waals surface area contributed by atoms with Gasteiger partial charge in [-0.25, -0.2) is 15.0 Å². The summed E-state index contributed by atoms with van der Waals surface area (Å²) in [5.74, 6) is 2.31. The number of hydrogen-bond acceptors (Lipinski definition) is 8. The van der Waals surface area contributed by atoms with Gasteiger partial charge in [-0.2, -0.15) is 0 Å². The molecule has 2 aliphatic heterocycles. The van der Waals surface area contributed by atoms with Gasteiger partial charge in [-0.15, -0.1) is 0 Å². The first kappa shape index (κ1) is 24.7. The Balaban J connectivity index is 1.56. The third kappa shape index (κ3) is 5.65. The number of rotatable bonds is 9. The Hall–Kier alpha value is -3.39. The largest absolute Gasteiger partial charge is 0.493 e. The summed E-state index contributed by atoms with van der Waals surface area (Å²) in [6.45, 7) is 10.3. The second kappa shape index (κ2) is 11.4. The molecule has 0 unspecified atom stereocenters. The van der Waals surface area contributed by atoms with Crippen molar-refractivity contribution in [1.82, 2.24) is 19.8 Å². The summed E-state index contributed by atoms with van der Waals surface area (Å²) in [5.41, 5.74) is 5.97. The van der Waals surface area contributed by atoms with Crippen LogP contribution >= 0.6 is 0 Å². The Morgan fingerprint density at radius 1 is 1.26 bits per heavy atom. The molecule has 0 amide bonds. The third-order valence-electron chi connectivity index (χ3n) is 6.59. The van der Waals surface area contributed by atoms with Crippen molar-refractivity contribution >= 4 is 23.9 Å². The summed E-state index contributed by atoms with van der Waals surface area (Å²) in [6, 6.07) is 6.70. The van der Waals surface area contributed by atoms with Crippen molar-refractivity contribution < 1.29 is 4.74 Å². The van der Waals surface area contributed by atoms with Gasteiger partial charge >= 0.3 is 0 Å². The molecule has 2 aromatic rings. The van der Waals surface area contributed by atoms with Gasteiger partial charge in [0.25, 0.3) is 0 Å². The predicted molar refractivity (Wildman–Crippen MR) is 143 cm³/mol. The monoisotopic (exact) mass is 475 g/mol. The first-order chi connectivity index (χ1) is 17.0. The lowest BCUT2D eigenvalue weighted by Gasteiger charge is -2.33. The van der Waals surface area contributed by atoms with E-state index >= 15 is 0 Å². The summed E-state index contributed by atoms with van der Waals surface area (Å²) in [7, 11) is 5.91. The van der Waals surface area contributed by atoms with E-state index in [-0.39, 0.29) is 0 Å². The number of fused-ring (bicyclic) bond motifs is 2. The van der Waals surface area contributed by atoms with Crippen LogP contribution in [0.25, 0.3) is 0 Å². The minimum Gasteiger partial charge on any atom is -0.493 e. The highest BCUT2D eigenvalue weighted by atomic mass is 16.5. The standard InChI is InChI=1S/C27H37N7O/c1-6-8-25(35-5)27(28-2)34-14-12-22-23(18-34)29-19-30-26(22)31-21-11-10-20-9-7-13-33(24(20)17-21)16-15-32(3)4/h6,8,10-11,17,19H,2,7,9,12-16,18H2,1,3-5H3,(H,29,30,31)/b8-6-,27-25-. The fraction of sp³-hybridized carbons (Fsp3) is 0.444. The molecule has 1 N–H and O–H groups in total. The van der Waals surface area contributed by atoms with E-state index in [1.54, 1.807) is 13.4 Å². The van der Waals surface area contributed by atoms with Gasteiger partial charge in [-0.3, -0.25) is 0 Å². The molecule has 0 aliphatic carbocycles. The highest BCUT2D eigenvalue weighted by Gasteiger charge is 2.24. The summed E-state index contributed by atoms with van der Waals surface area (Å²) in [5, 5.41) is 3.59. The Bertz CT molecular complexity index is 1110. The molecule has 4 rings (SSSR count). The molecule has 2 aliphatic rings. The molecule has 8 heteroatoms. The van der Waals surface area contributed by atoms with Crippen molar-refractivity contribution in [3.8, 4) is 0 Å². The molecule has 1 aromatic heterocycles. The maximum atomic E-state index is 5.54. The Morgan fingerprint density at radius 2 is 2.11 bits per heavy atom. The lowest BCUT2D eigenvalue weighted by atomic mass is 10.0. The van der Waals surface area contributed by atoms with Crippen LogP contribution in [0.3, 0.4) is 0 Å². The first-order valence-corrected chi connectivity index (χ1v) is 12.3. The van der Waals surface area contributed by atoms with Crippen molar-refractivity contribution in [2.24, 2.45) is 4.99 Å². The van der Waals surface area contributed by atoms with Crippen LogP contribution in [0.5, 0.6) is 0 Å². The number of hydrogen-bond donors (Lipinski definition) is 1. The second-order valence-corrected chi connectivity index (χ2v) is 9.23. The number of aliphatic imine (C=N–C) groups is 1. The van der Waals surface area contributed by atoms with Crippen molar-refractivity contribution in [2.75, 3.05) is 57.6 Å². The Labute approximate surface area is 209 Å². The quantitative estimate of drug-likeness (QED) is 0.334. The maximum absolute atomic E-state index is 5.54. The topological polar surface area (TPSA) is 69.1 Å². The van der Waals surface area contributed by atoms with Crippen LogP contribution in [0.1, 0.15) is 30.2 Å². The number of nitrogens with zero attached hydrogens (tertiary/aromatic N) is 6. The molecule has 0 atom stereocenters. The van der Waals surface area contributed by atoms with Crippen LogP contribution in [0, 0.1) is 0 Å². The van der Waals surface area contributed by atoms with E-state index in [4.69, 9.17) is 4.74 Å². The van der Waals surface area contributed by atoms with Crippen molar-refractivity contribution in [3.05, 3.63) is 65.1 Å². The van der Waals surface area contributed by atoms with Crippen LogP contribution in [-0.4, -0.2) is 73.9 Å². The van der Waals surface area contributed by atoms with E-state index in [9.17, 15) is 0 Å². The van der Waals surface area contributed by atoms with Crippen molar-refractivity contribution in [1.29, 1.82) is 0 Å². The van der Waals surface area contributed by atoms with Crippen LogP contribution in [-0.2, 0) is 24.1 Å². The van der Waals surface area contributed by atoms with Gasteiger partial charge in [0.1, 0.15) is 12.1 Å². The zero-order valence-corrected chi connectivity index (χ0v) is 21.4. The summed E-state index contributed by atoms with van der Waals surface area (Å²) >= 11 is 0. The molecular weight excluding hydrogens is 438 g/mol. The highest BCUT2D eigenvalue weighted by molar-refractivity contribution is 5.68. The van der Waals surface area contributed by atoms with Crippen LogP contribution in [0.15, 0.2) is 53.3 Å². The molecule has 35 heavy (non-hydrogen) atoms. The normalized spacial score (nSPS) is 16.1. The fourth-order valence-electron chi connectivity index (χ4n) is 4.78. The van der Waals surface area contributed by atoms with Crippen molar-refractivity contribution in [2.45, 2.75) is 32.7 Å². The zero-order chi connectivity index (χ0) is 24.8. The Kier molecular flexibility index (Phi) is 8.02. The molecule has 0 bridgehead atoms. The number of anilines is 3. The van der Waals surface area contributed by atoms with Gasteiger partial charge in [0.05, 0.1) is 19.3 Å². The zero-order valence-electron chi connectivity index (χ0n) is 21.4. The van der Waals surface area contributed by atoms with Gasteiger partial charge in [0, 0.05) is 43.1 Å². The number of nitrogens with one attached hydrogen (secondary N) is 1. The molecule has 186 valence electrons. The van der Waals surface area contributed by atoms with E-state index in [2.05, 4.69) is 74.0 Å². The van der Waals surface area contributed by atoms with Crippen LogP contribution < -0.4 is 10.2 Å². The number of aryl methyl sites for hydroxylation is 1. The lowest BCUT2D eigenvalue weighted by Crippen LogP contribution is -2.35. The minimum absolute atomic E-state index is 0.633. The molecule has 0 saturated heterocycles. The van der Waals surface area contributed by atoms with Crippen LogP contribution in [0.4, 0.5) is 17.2 Å². The Morgan fingerprint density at radius 3 is 2.86 bits per heavy atom. The molecular formula is C27H37N7O. The molecule has 0 radical (unpaired) electrons. The molecule has 3 heterocycles. The minimum atomic E-state index is 0.633. The first-order valence-electron chi connectivity index (χ1n) is 12.3. The van der Waals surface area contributed by atoms with Gasteiger partial charge in [-0.05, 0) is 70.8 Å². The average Bonchev–Trinajstić information content (AvgIpc) is 2.87. The van der Waals surface area contributed by atoms with E-state index in [0.29, 0.717) is 12.3 Å². The molecule has 1 aromatic carbocycles. The molecule has 0 saturated carbocycles. The third-order valence-corrected chi connectivity index (χ3v) is 6.59. The van der Waals surface area contributed by atoms with Gasteiger partial charge in [-0.1, -0.05) is 12.1 Å². The van der Waals surface area contributed by atoms with E-state index < -0.39 is 0 Å². The van der Waals surface area contributed by atoms with E-state index in [0.717, 1.165) is 67.6 Å². The lowest BCUT2D eigenvalue weighted by molar-refractivity contribution is 0.254. The number of aromatic nitrogens is 2. The smallest absolute Gasteiger partial charge is 0.171 e. The van der Waals surface area contributed by atoms with Gasteiger partial charge in [0.15, 0.2) is 11.6 Å². The second-order valence-electron chi connectivity index (χ2n) is 9.23. The number of likely N-dealkylation sites (N-methyl/N-ethyl adjacent to an activating group) is 1. The SMILES string of the molecule is C=N/C(=C(\C=C/C)OC)N1CCc2c(ncnc2Nc2ccc3c(c2)N(CCN(C)C)CCC3)C1. The number of benzene rings is 1. The molecule has 0 spiro atoms. The van der Waals surface area contributed by atoms with Crippen molar-refractivity contribution in [3.63, 3.8) is 0 Å². The molecule has 8 nitrogen and oxygen atoms in total. The van der Waals surface area contributed by atoms with Crippen LogP contribution in [0.2, 0.25) is 0 Å². The molecule has 0 fully saturated rings. The summed E-state index contributed by atoms with van der Waals surface area (Å²) in [6.07, 6.45) is 8.63. The number of ether oxygens (including phenoxy) is 1. The maximum Gasteiger partial charge on any atom is 0.171 e. The summed E-state index contributed by atoms with van der Waals surface area (Å²) in [4.78, 5) is 20.4. The predicted octanol–water partition coefficient (Wildman–Crippen LogP) is 3.98.